The van der Waals surface area contributed by atoms with E-state index in [1.165, 1.54) is 70.6 Å². The quantitative estimate of drug-likeness (QED) is 0.113. The molecule has 188 valence electrons. The van der Waals surface area contributed by atoms with Crippen LogP contribution < -0.4 is 5.73 Å². The number of nitrogens with two attached hydrogens (primary N) is 1. The molecule has 0 saturated heterocycles. The Hall–Kier alpha value is -0.900. The minimum absolute atomic E-state index is 0.000379. The van der Waals surface area contributed by atoms with Gasteiger partial charge in [-0.3, -0.25) is 0 Å². The molecule has 0 aromatic rings. The molecule has 0 saturated carbocycles. The Labute approximate surface area is 200 Å². The summed E-state index contributed by atoms with van der Waals surface area (Å²) < 4.78 is 11.4. The highest BCUT2D eigenvalue weighted by atomic mass is 16.5. The van der Waals surface area contributed by atoms with Gasteiger partial charge >= 0.3 is 0 Å². The maximum absolute atomic E-state index is 6.06. The Balaban J connectivity index is 3.23. The topological polar surface area (TPSA) is 44.5 Å². The summed E-state index contributed by atoms with van der Waals surface area (Å²) in [5.41, 5.74) is 6.06. The molecule has 0 rings (SSSR count). The first-order valence-electron chi connectivity index (χ1n) is 13.7. The zero-order valence-electron chi connectivity index (χ0n) is 21.6. The molecule has 2 N–H and O–H groups in total. The average molecular weight is 450 g/mol. The van der Waals surface area contributed by atoms with Crippen LogP contribution in [0.15, 0.2) is 36.5 Å². The second-order valence-corrected chi connectivity index (χ2v) is 8.87. The van der Waals surface area contributed by atoms with Crippen molar-refractivity contribution in [3.63, 3.8) is 0 Å². The lowest BCUT2D eigenvalue weighted by molar-refractivity contribution is 0.0647. The van der Waals surface area contributed by atoms with E-state index in [4.69, 9.17) is 15.2 Å². The van der Waals surface area contributed by atoms with Gasteiger partial charge in [0, 0.05) is 13.2 Å². The summed E-state index contributed by atoms with van der Waals surface area (Å²) in [5.74, 6) is 0. The Kier molecular flexibility index (Phi) is 27.3. The average Bonchev–Trinajstić information content (AvgIpc) is 2.80. The highest BCUT2D eigenvalue weighted by Gasteiger charge is 2.02. The predicted molar refractivity (Wildman–Crippen MR) is 142 cm³/mol. The van der Waals surface area contributed by atoms with E-state index in [1.54, 1.807) is 0 Å². The lowest BCUT2D eigenvalue weighted by Gasteiger charge is -2.12. The molecule has 32 heavy (non-hydrogen) atoms. The van der Waals surface area contributed by atoms with Crippen LogP contribution in [0.3, 0.4) is 0 Å². The standard InChI is InChI=1S/C29H55NO2/c1-3-5-7-9-11-12-13-14-15-16-17-18-19-20-22-24-26-32-28-29(30)27-31-25-23-21-10-8-6-4-2/h6,8,11-12,14-15,29H,3-5,7,9-10,13,16-28,30H2,1-2H3/b8-6-,12-11-,15-14-. The largest absolute Gasteiger partial charge is 0.380 e. The Morgan fingerprint density at radius 1 is 0.562 bits per heavy atom. The monoisotopic (exact) mass is 449 g/mol. The van der Waals surface area contributed by atoms with Gasteiger partial charge in [0.15, 0.2) is 0 Å². The molecule has 0 aliphatic heterocycles. The smallest absolute Gasteiger partial charge is 0.0640 e. The number of unbranched alkanes of at least 4 members (excludes halogenated alkanes) is 11. The Morgan fingerprint density at radius 2 is 1.03 bits per heavy atom. The minimum Gasteiger partial charge on any atom is -0.380 e. The van der Waals surface area contributed by atoms with Gasteiger partial charge in [0.2, 0.25) is 0 Å². The number of hydrogen-bond donors (Lipinski definition) is 1. The molecule has 0 amide bonds. The van der Waals surface area contributed by atoms with Gasteiger partial charge < -0.3 is 15.2 Å². The van der Waals surface area contributed by atoms with Crippen molar-refractivity contribution in [2.75, 3.05) is 26.4 Å². The van der Waals surface area contributed by atoms with Crippen molar-refractivity contribution in [2.45, 2.75) is 123 Å². The molecule has 0 fully saturated rings. The van der Waals surface area contributed by atoms with Crippen molar-refractivity contribution in [2.24, 2.45) is 5.73 Å². The second kappa shape index (κ2) is 28.1. The van der Waals surface area contributed by atoms with E-state index >= 15 is 0 Å². The first-order valence-corrected chi connectivity index (χ1v) is 13.7. The summed E-state index contributed by atoms with van der Waals surface area (Å²) in [6, 6.07) is -0.000379. The number of allylic oxidation sites excluding steroid dienone is 6. The van der Waals surface area contributed by atoms with Gasteiger partial charge in [-0.25, -0.2) is 0 Å². The lowest BCUT2D eigenvalue weighted by atomic mass is 10.1. The molecule has 0 bridgehead atoms. The van der Waals surface area contributed by atoms with Crippen LogP contribution in [0, 0.1) is 0 Å². The van der Waals surface area contributed by atoms with E-state index in [0.717, 1.165) is 45.3 Å². The lowest BCUT2D eigenvalue weighted by Crippen LogP contribution is -2.31. The Morgan fingerprint density at radius 3 is 1.62 bits per heavy atom. The van der Waals surface area contributed by atoms with Crippen molar-refractivity contribution >= 4 is 0 Å². The normalized spacial score (nSPS) is 13.2. The van der Waals surface area contributed by atoms with Gasteiger partial charge in [0.05, 0.1) is 19.3 Å². The van der Waals surface area contributed by atoms with E-state index in [0.29, 0.717) is 13.2 Å². The van der Waals surface area contributed by atoms with E-state index in [-0.39, 0.29) is 6.04 Å². The van der Waals surface area contributed by atoms with Gasteiger partial charge in [-0.15, -0.1) is 0 Å². The molecule has 0 aliphatic carbocycles. The van der Waals surface area contributed by atoms with Crippen molar-refractivity contribution in [3.8, 4) is 0 Å². The first kappa shape index (κ1) is 31.1. The summed E-state index contributed by atoms with van der Waals surface area (Å²) in [7, 11) is 0. The van der Waals surface area contributed by atoms with Crippen LogP contribution in [0.5, 0.6) is 0 Å². The fourth-order valence-electron chi connectivity index (χ4n) is 3.46. The summed E-state index contributed by atoms with van der Waals surface area (Å²) in [5, 5.41) is 0. The van der Waals surface area contributed by atoms with E-state index in [1.807, 2.05) is 0 Å². The summed E-state index contributed by atoms with van der Waals surface area (Å²) >= 11 is 0. The molecule has 0 radical (unpaired) electrons. The zero-order chi connectivity index (χ0) is 23.4. The molecule has 0 aliphatic rings. The van der Waals surface area contributed by atoms with E-state index in [9.17, 15) is 0 Å². The molecule has 1 atom stereocenters. The molecule has 1 unspecified atom stereocenters. The van der Waals surface area contributed by atoms with Crippen LogP contribution >= 0.6 is 0 Å². The van der Waals surface area contributed by atoms with Gasteiger partial charge in [-0.2, -0.15) is 0 Å². The highest BCUT2D eigenvalue weighted by Crippen LogP contribution is 2.08. The van der Waals surface area contributed by atoms with Crippen LogP contribution in [0.25, 0.3) is 0 Å². The third-order valence-corrected chi connectivity index (χ3v) is 5.46. The third-order valence-electron chi connectivity index (χ3n) is 5.46. The highest BCUT2D eigenvalue weighted by molar-refractivity contribution is 4.92. The molecule has 0 aromatic heterocycles. The second-order valence-electron chi connectivity index (χ2n) is 8.87. The summed E-state index contributed by atoms with van der Waals surface area (Å²) in [4.78, 5) is 0. The number of rotatable bonds is 25. The minimum atomic E-state index is -0.000379. The van der Waals surface area contributed by atoms with Crippen LogP contribution in [-0.4, -0.2) is 32.5 Å². The van der Waals surface area contributed by atoms with Crippen molar-refractivity contribution in [1.29, 1.82) is 0 Å². The molecule has 3 nitrogen and oxygen atoms in total. The van der Waals surface area contributed by atoms with Crippen LogP contribution in [0.1, 0.15) is 117 Å². The number of hydrogen-bond acceptors (Lipinski definition) is 3. The van der Waals surface area contributed by atoms with Crippen molar-refractivity contribution in [1.82, 2.24) is 0 Å². The third kappa shape index (κ3) is 27.1. The van der Waals surface area contributed by atoms with E-state index < -0.39 is 0 Å². The summed E-state index contributed by atoms with van der Waals surface area (Å²) in [6.07, 6.45) is 33.6. The fourth-order valence-corrected chi connectivity index (χ4v) is 3.46. The zero-order valence-corrected chi connectivity index (χ0v) is 21.6. The molecule has 0 spiro atoms. The molecule has 3 heteroatoms. The maximum Gasteiger partial charge on any atom is 0.0640 e. The van der Waals surface area contributed by atoms with Gasteiger partial charge in [-0.05, 0) is 64.2 Å². The van der Waals surface area contributed by atoms with Crippen molar-refractivity contribution in [3.05, 3.63) is 36.5 Å². The van der Waals surface area contributed by atoms with E-state index in [2.05, 4.69) is 50.3 Å². The number of ether oxygens (including phenoxy) is 2. The van der Waals surface area contributed by atoms with Crippen LogP contribution in [-0.2, 0) is 9.47 Å². The van der Waals surface area contributed by atoms with Crippen molar-refractivity contribution < 1.29 is 9.47 Å². The van der Waals surface area contributed by atoms with Crippen LogP contribution in [0.2, 0.25) is 0 Å². The molecular formula is C29H55NO2. The predicted octanol–water partition coefficient (Wildman–Crippen LogP) is 8.30. The SMILES string of the molecule is CC/C=C\CCCCOCC(N)COCCCCCCCC/C=C\C/C=C\CCCCC. The van der Waals surface area contributed by atoms with Gasteiger partial charge in [0.25, 0.3) is 0 Å². The first-order chi connectivity index (χ1) is 15.8. The molecule has 0 aromatic carbocycles. The fraction of sp³-hybridized carbons (Fsp3) is 0.793. The molecule has 0 heterocycles. The van der Waals surface area contributed by atoms with Crippen LogP contribution in [0.4, 0.5) is 0 Å². The van der Waals surface area contributed by atoms with Gasteiger partial charge in [-0.1, -0.05) is 88.8 Å². The molecular weight excluding hydrogens is 394 g/mol. The van der Waals surface area contributed by atoms with Gasteiger partial charge in [0.1, 0.15) is 0 Å². The Bertz CT molecular complexity index is 431. The maximum atomic E-state index is 6.06. The summed E-state index contributed by atoms with van der Waals surface area (Å²) in [6.45, 7) is 7.27.